The zero-order valence-electron chi connectivity index (χ0n) is 19.0. The Morgan fingerprint density at radius 3 is 2.31 bits per heavy atom. The Labute approximate surface area is 199 Å². The van der Waals surface area contributed by atoms with Crippen molar-refractivity contribution in [2.75, 3.05) is 26.7 Å². The van der Waals surface area contributed by atoms with Gasteiger partial charge >= 0.3 is 6.18 Å². The molecule has 2 aliphatic rings. The Morgan fingerprint density at radius 2 is 1.74 bits per heavy atom. The fraction of sp³-hybridized carbons (Fsp3) is 0.440. The lowest BCUT2D eigenvalue weighted by Gasteiger charge is -2.50. The molecular weight excluding hydrogens is 471 g/mol. The molecule has 1 unspecified atom stereocenters. The predicted molar refractivity (Wildman–Crippen MR) is 116 cm³/mol. The number of benzene rings is 2. The number of halogens is 5. The van der Waals surface area contributed by atoms with E-state index in [2.05, 4.69) is 5.32 Å². The SMILES string of the molecule is CO[C@@](C(=O)N1CCC2(CC1)CC(=O)NCC2c1ccc(F)cc1F)(c1ccccc1)C(F)(F)F. The number of likely N-dealkylation sites (tertiary alicyclic amines) is 1. The first-order valence-electron chi connectivity index (χ1n) is 11.2. The first-order chi connectivity index (χ1) is 16.5. The van der Waals surface area contributed by atoms with Crippen molar-refractivity contribution in [3.8, 4) is 0 Å². The molecule has 4 rings (SSSR count). The fourth-order valence-electron chi connectivity index (χ4n) is 5.47. The van der Waals surface area contributed by atoms with Crippen molar-refractivity contribution in [1.82, 2.24) is 10.2 Å². The second-order valence-corrected chi connectivity index (χ2v) is 9.10. The number of carbonyl (C=O) groups is 2. The van der Waals surface area contributed by atoms with E-state index >= 15 is 0 Å². The first-order valence-corrected chi connectivity index (χ1v) is 11.2. The molecule has 2 saturated heterocycles. The van der Waals surface area contributed by atoms with Crippen LogP contribution in [0, 0.1) is 17.0 Å². The second kappa shape index (κ2) is 9.22. The highest BCUT2D eigenvalue weighted by atomic mass is 19.4. The summed E-state index contributed by atoms with van der Waals surface area (Å²) in [6.45, 7) is -0.0250. The summed E-state index contributed by atoms with van der Waals surface area (Å²) in [5, 5.41) is 2.70. The van der Waals surface area contributed by atoms with Gasteiger partial charge in [-0.2, -0.15) is 13.2 Å². The van der Waals surface area contributed by atoms with Gasteiger partial charge in [0.1, 0.15) is 11.6 Å². The van der Waals surface area contributed by atoms with Gasteiger partial charge in [-0.15, -0.1) is 0 Å². The Balaban J connectivity index is 1.63. The number of piperidine rings is 2. The highest BCUT2D eigenvalue weighted by Gasteiger charge is 2.64. The smallest absolute Gasteiger partial charge is 0.356 e. The number of methoxy groups -OCH3 is 1. The van der Waals surface area contributed by atoms with Crippen LogP contribution in [0.3, 0.4) is 0 Å². The third-order valence-electron chi connectivity index (χ3n) is 7.33. The van der Waals surface area contributed by atoms with Gasteiger partial charge in [0.2, 0.25) is 5.91 Å². The Morgan fingerprint density at radius 1 is 1.09 bits per heavy atom. The number of carbonyl (C=O) groups excluding carboxylic acids is 2. The molecule has 2 atom stereocenters. The van der Waals surface area contributed by atoms with Crippen molar-refractivity contribution in [1.29, 1.82) is 0 Å². The largest absolute Gasteiger partial charge is 0.430 e. The lowest BCUT2D eigenvalue weighted by atomic mass is 9.62. The van der Waals surface area contributed by atoms with Crippen LogP contribution in [0.1, 0.15) is 36.3 Å². The molecule has 2 aliphatic heterocycles. The van der Waals surface area contributed by atoms with Crippen molar-refractivity contribution in [2.24, 2.45) is 5.41 Å². The van der Waals surface area contributed by atoms with Crippen LogP contribution in [0.2, 0.25) is 0 Å². The van der Waals surface area contributed by atoms with Gasteiger partial charge < -0.3 is 15.0 Å². The van der Waals surface area contributed by atoms with Gasteiger partial charge in [-0.3, -0.25) is 9.59 Å². The summed E-state index contributed by atoms with van der Waals surface area (Å²) in [6.07, 6.45) is -4.64. The van der Waals surface area contributed by atoms with Crippen molar-refractivity contribution < 1.29 is 36.3 Å². The minimum absolute atomic E-state index is 0.0316. The van der Waals surface area contributed by atoms with Gasteiger partial charge in [0.25, 0.3) is 11.5 Å². The number of alkyl halides is 3. The highest BCUT2D eigenvalue weighted by Crippen LogP contribution is 2.51. The summed E-state index contributed by atoms with van der Waals surface area (Å²) < 4.78 is 76.0. The molecule has 35 heavy (non-hydrogen) atoms. The number of amides is 2. The molecule has 10 heteroatoms. The summed E-state index contributed by atoms with van der Waals surface area (Å²) in [6, 6.07) is 9.97. The number of hydrogen-bond donors (Lipinski definition) is 1. The molecule has 2 aromatic carbocycles. The molecule has 5 nitrogen and oxygen atoms in total. The molecule has 2 fully saturated rings. The van der Waals surface area contributed by atoms with Gasteiger partial charge in [-0.05, 0) is 29.9 Å². The minimum Gasteiger partial charge on any atom is -0.356 e. The molecule has 0 saturated carbocycles. The Bertz CT molecular complexity index is 1100. The van der Waals surface area contributed by atoms with Crippen LogP contribution in [0.25, 0.3) is 0 Å². The number of ether oxygens (including phenoxy) is 1. The van der Waals surface area contributed by atoms with Crippen LogP contribution < -0.4 is 5.32 Å². The zero-order chi connectivity index (χ0) is 25.4. The summed E-state index contributed by atoms with van der Waals surface area (Å²) in [5.74, 6) is -3.48. The van der Waals surface area contributed by atoms with E-state index in [4.69, 9.17) is 4.74 Å². The van der Waals surface area contributed by atoms with Crippen LogP contribution in [0.15, 0.2) is 48.5 Å². The lowest BCUT2D eigenvalue weighted by molar-refractivity contribution is -0.271. The van der Waals surface area contributed by atoms with E-state index < -0.39 is 40.7 Å². The van der Waals surface area contributed by atoms with Gasteiger partial charge in [0.15, 0.2) is 0 Å². The molecule has 0 aliphatic carbocycles. The van der Waals surface area contributed by atoms with Crippen LogP contribution in [-0.4, -0.2) is 49.6 Å². The molecule has 2 heterocycles. The van der Waals surface area contributed by atoms with E-state index in [0.717, 1.165) is 24.1 Å². The van der Waals surface area contributed by atoms with Gasteiger partial charge in [0.05, 0.1) is 0 Å². The summed E-state index contributed by atoms with van der Waals surface area (Å²) in [4.78, 5) is 26.7. The van der Waals surface area contributed by atoms with Crippen molar-refractivity contribution in [2.45, 2.75) is 37.0 Å². The molecule has 2 amide bonds. The lowest BCUT2D eigenvalue weighted by Crippen LogP contribution is -2.60. The number of hydrogen-bond acceptors (Lipinski definition) is 3. The van der Waals surface area contributed by atoms with E-state index in [-0.39, 0.29) is 55.9 Å². The maximum absolute atomic E-state index is 14.6. The van der Waals surface area contributed by atoms with E-state index in [1.54, 1.807) is 0 Å². The summed E-state index contributed by atoms with van der Waals surface area (Å²) in [7, 11) is 0.850. The van der Waals surface area contributed by atoms with Crippen molar-refractivity contribution in [3.63, 3.8) is 0 Å². The van der Waals surface area contributed by atoms with E-state index in [0.29, 0.717) is 0 Å². The third kappa shape index (κ3) is 4.28. The molecule has 1 spiro atoms. The molecule has 1 N–H and O–H groups in total. The van der Waals surface area contributed by atoms with Gasteiger partial charge in [-0.1, -0.05) is 36.4 Å². The Hall–Kier alpha value is -3.01. The maximum Gasteiger partial charge on any atom is 0.430 e. The quantitative estimate of drug-likeness (QED) is 0.643. The van der Waals surface area contributed by atoms with Gasteiger partial charge in [0, 0.05) is 50.7 Å². The summed E-state index contributed by atoms with van der Waals surface area (Å²) in [5.41, 5.74) is -4.05. The van der Waals surface area contributed by atoms with E-state index in [9.17, 15) is 31.5 Å². The van der Waals surface area contributed by atoms with Crippen LogP contribution in [0.5, 0.6) is 0 Å². The molecule has 0 bridgehead atoms. The number of nitrogens with one attached hydrogen (secondary N) is 1. The topological polar surface area (TPSA) is 58.6 Å². The zero-order valence-corrected chi connectivity index (χ0v) is 19.0. The van der Waals surface area contributed by atoms with E-state index in [1.165, 1.54) is 36.4 Å². The average Bonchev–Trinajstić information content (AvgIpc) is 2.81. The minimum atomic E-state index is -5.03. The number of rotatable bonds is 4. The third-order valence-corrected chi connectivity index (χ3v) is 7.33. The highest BCUT2D eigenvalue weighted by molar-refractivity contribution is 5.88. The van der Waals surface area contributed by atoms with Crippen LogP contribution in [0.4, 0.5) is 22.0 Å². The Kier molecular flexibility index (Phi) is 6.61. The van der Waals surface area contributed by atoms with Crippen LogP contribution in [-0.2, 0) is 19.9 Å². The molecule has 0 radical (unpaired) electrons. The molecule has 188 valence electrons. The average molecular weight is 496 g/mol. The monoisotopic (exact) mass is 496 g/mol. The fourth-order valence-corrected chi connectivity index (χ4v) is 5.47. The normalized spacial score (nSPS) is 21.9. The second-order valence-electron chi connectivity index (χ2n) is 9.10. The predicted octanol–water partition coefficient (Wildman–Crippen LogP) is 4.28. The molecular formula is C25H25F5N2O3. The van der Waals surface area contributed by atoms with Crippen molar-refractivity contribution in [3.05, 3.63) is 71.3 Å². The number of nitrogens with zero attached hydrogens (tertiary/aromatic N) is 1. The van der Waals surface area contributed by atoms with Crippen molar-refractivity contribution >= 4 is 11.8 Å². The first kappa shape index (κ1) is 25.1. The van der Waals surface area contributed by atoms with E-state index in [1.807, 2.05) is 0 Å². The van der Waals surface area contributed by atoms with Gasteiger partial charge in [-0.25, -0.2) is 8.78 Å². The molecule has 0 aromatic heterocycles. The van der Waals surface area contributed by atoms with Crippen LogP contribution >= 0.6 is 0 Å². The summed E-state index contributed by atoms with van der Waals surface area (Å²) >= 11 is 0. The molecule has 2 aromatic rings. The standard InChI is InChI=1S/C25H25F5N2O3/c1-35-24(25(28,29)30,16-5-3-2-4-6-16)22(34)32-11-9-23(10-12-32)14-21(33)31-15-19(23)18-8-7-17(26)13-20(18)27/h2-8,13,19H,9-12,14-15H2,1H3,(H,31,33)/t19?,24-/m1/s1. The maximum atomic E-state index is 14.6.